The molecule has 3 aromatic heterocycles. The van der Waals surface area contributed by atoms with Crippen LogP contribution in [0, 0.1) is 5.82 Å². The Bertz CT molecular complexity index is 1080. The maximum atomic E-state index is 14.1. The number of amides is 1. The molecule has 1 N–H and O–H groups in total. The molecule has 0 aliphatic carbocycles. The van der Waals surface area contributed by atoms with Crippen molar-refractivity contribution in [1.82, 2.24) is 24.9 Å². The Balaban J connectivity index is 1.66. The van der Waals surface area contributed by atoms with E-state index in [1.807, 2.05) is 6.07 Å². The highest BCUT2D eigenvalue weighted by molar-refractivity contribution is 5.99. The van der Waals surface area contributed by atoms with Gasteiger partial charge in [0.1, 0.15) is 11.4 Å². The monoisotopic (exact) mass is 347 g/mol. The highest BCUT2D eigenvalue weighted by Gasteiger charge is 2.17. The molecule has 6 nitrogen and oxygen atoms in total. The third-order valence-corrected chi connectivity index (χ3v) is 3.97. The average Bonchev–Trinajstić information content (AvgIpc) is 3.12. The first-order valence-electron chi connectivity index (χ1n) is 7.99. The van der Waals surface area contributed by atoms with Gasteiger partial charge in [-0.25, -0.2) is 13.9 Å². The van der Waals surface area contributed by atoms with Gasteiger partial charge in [0.15, 0.2) is 5.65 Å². The van der Waals surface area contributed by atoms with Gasteiger partial charge in [-0.1, -0.05) is 18.2 Å². The van der Waals surface area contributed by atoms with E-state index in [9.17, 15) is 9.18 Å². The number of nitrogens with zero attached hydrogens (tertiary/aromatic N) is 4. The Morgan fingerprint density at radius 1 is 1.08 bits per heavy atom. The summed E-state index contributed by atoms with van der Waals surface area (Å²) in [6, 6.07) is 11.8. The van der Waals surface area contributed by atoms with Crippen LogP contribution in [0.5, 0.6) is 0 Å². The maximum absolute atomic E-state index is 14.1. The number of carbonyl (C=O) groups is 1. The van der Waals surface area contributed by atoms with E-state index in [1.54, 1.807) is 42.7 Å². The van der Waals surface area contributed by atoms with Crippen molar-refractivity contribution in [3.05, 3.63) is 84.2 Å². The van der Waals surface area contributed by atoms with Gasteiger partial charge in [-0.3, -0.25) is 9.78 Å². The van der Waals surface area contributed by atoms with Gasteiger partial charge in [0.25, 0.3) is 5.91 Å². The summed E-state index contributed by atoms with van der Waals surface area (Å²) in [6.07, 6.45) is 6.33. The normalized spacial score (nSPS) is 10.8. The van der Waals surface area contributed by atoms with Crippen LogP contribution in [0.1, 0.15) is 15.9 Å². The number of benzene rings is 1. The van der Waals surface area contributed by atoms with Crippen molar-refractivity contribution < 1.29 is 9.18 Å². The molecule has 0 saturated heterocycles. The van der Waals surface area contributed by atoms with E-state index < -0.39 is 0 Å². The molecule has 26 heavy (non-hydrogen) atoms. The second-order valence-corrected chi connectivity index (χ2v) is 5.65. The van der Waals surface area contributed by atoms with Gasteiger partial charge >= 0.3 is 0 Å². The number of carbonyl (C=O) groups excluding carboxylic acids is 1. The molecule has 3 heterocycles. The van der Waals surface area contributed by atoms with Crippen LogP contribution in [0.3, 0.4) is 0 Å². The minimum Gasteiger partial charge on any atom is -0.348 e. The van der Waals surface area contributed by atoms with E-state index in [1.165, 1.54) is 23.0 Å². The van der Waals surface area contributed by atoms with E-state index in [2.05, 4.69) is 20.4 Å². The molecule has 0 radical (unpaired) electrons. The minimum absolute atomic E-state index is 0.304. The summed E-state index contributed by atoms with van der Waals surface area (Å²) in [5, 5.41) is 7.04. The van der Waals surface area contributed by atoms with Crippen LogP contribution in [0.4, 0.5) is 4.39 Å². The second-order valence-electron chi connectivity index (χ2n) is 5.65. The minimum atomic E-state index is -0.363. The number of fused-ring (bicyclic) bond motifs is 1. The predicted molar refractivity (Wildman–Crippen MR) is 93.8 cm³/mol. The summed E-state index contributed by atoms with van der Waals surface area (Å²) in [7, 11) is 0. The van der Waals surface area contributed by atoms with Crippen LogP contribution in [-0.2, 0) is 6.54 Å². The summed E-state index contributed by atoms with van der Waals surface area (Å²) in [5.74, 6) is -0.667. The van der Waals surface area contributed by atoms with Gasteiger partial charge in [-0.2, -0.15) is 5.10 Å². The van der Waals surface area contributed by atoms with Gasteiger partial charge in [-0.05, 0) is 29.8 Å². The maximum Gasteiger partial charge on any atom is 0.257 e. The lowest BCUT2D eigenvalue weighted by Crippen LogP contribution is -2.22. The summed E-state index contributed by atoms with van der Waals surface area (Å²) in [5.41, 5.74) is 2.50. The lowest BCUT2D eigenvalue weighted by Gasteiger charge is -2.06. The molecular weight excluding hydrogens is 333 g/mol. The number of pyridine rings is 1. The zero-order chi connectivity index (χ0) is 17.9. The highest BCUT2D eigenvalue weighted by atomic mass is 19.1. The van der Waals surface area contributed by atoms with E-state index in [0.717, 1.165) is 5.56 Å². The van der Waals surface area contributed by atoms with Crippen molar-refractivity contribution >= 4 is 11.6 Å². The van der Waals surface area contributed by atoms with Gasteiger partial charge in [0.2, 0.25) is 0 Å². The lowest BCUT2D eigenvalue weighted by molar-refractivity contribution is 0.0952. The SMILES string of the molecule is O=C(NCc1cccnc1)c1cnn2c(-c3ccccc3F)ccnc12. The lowest BCUT2D eigenvalue weighted by atomic mass is 10.1. The number of aromatic nitrogens is 4. The zero-order valence-electron chi connectivity index (χ0n) is 13.6. The molecule has 0 aliphatic rings. The van der Waals surface area contributed by atoms with Crippen LogP contribution < -0.4 is 5.32 Å². The molecule has 0 saturated carbocycles. The van der Waals surface area contributed by atoms with Gasteiger partial charge < -0.3 is 5.32 Å². The smallest absolute Gasteiger partial charge is 0.257 e. The molecule has 4 rings (SSSR count). The quantitative estimate of drug-likeness (QED) is 0.616. The second kappa shape index (κ2) is 6.72. The Kier molecular flexibility index (Phi) is 4.10. The fraction of sp³-hybridized carbons (Fsp3) is 0.0526. The van der Waals surface area contributed by atoms with Crippen LogP contribution in [0.15, 0.2) is 67.3 Å². The molecule has 0 atom stereocenters. The molecule has 1 aromatic carbocycles. The largest absolute Gasteiger partial charge is 0.348 e. The number of nitrogens with one attached hydrogen (secondary N) is 1. The summed E-state index contributed by atoms with van der Waals surface area (Å²) >= 11 is 0. The Hall–Kier alpha value is -3.61. The van der Waals surface area contributed by atoms with Crippen LogP contribution in [-0.4, -0.2) is 25.5 Å². The van der Waals surface area contributed by atoms with Crippen molar-refractivity contribution in [2.75, 3.05) is 0 Å². The van der Waals surface area contributed by atoms with E-state index >= 15 is 0 Å². The number of rotatable bonds is 4. The third kappa shape index (κ3) is 2.90. The summed E-state index contributed by atoms with van der Waals surface area (Å²) in [4.78, 5) is 20.8. The van der Waals surface area contributed by atoms with Crippen molar-refractivity contribution in [3.8, 4) is 11.3 Å². The van der Waals surface area contributed by atoms with Crippen molar-refractivity contribution in [3.63, 3.8) is 0 Å². The molecule has 0 fully saturated rings. The first-order chi connectivity index (χ1) is 12.7. The molecule has 0 aliphatic heterocycles. The third-order valence-electron chi connectivity index (χ3n) is 3.97. The molecule has 0 bridgehead atoms. The Labute approximate surface area is 148 Å². The molecule has 4 aromatic rings. The first-order valence-corrected chi connectivity index (χ1v) is 7.99. The fourth-order valence-corrected chi connectivity index (χ4v) is 2.70. The van der Waals surface area contributed by atoms with Gasteiger partial charge in [0.05, 0.1) is 11.9 Å². The fourth-order valence-electron chi connectivity index (χ4n) is 2.70. The number of hydrogen-bond donors (Lipinski definition) is 1. The van der Waals surface area contributed by atoms with Crippen LogP contribution in [0.2, 0.25) is 0 Å². The highest BCUT2D eigenvalue weighted by Crippen LogP contribution is 2.23. The molecule has 7 heteroatoms. The van der Waals surface area contributed by atoms with Gasteiger partial charge in [0, 0.05) is 30.7 Å². The van der Waals surface area contributed by atoms with Crippen molar-refractivity contribution in [1.29, 1.82) is 0 Å². The average molecular weight is 347 g/mol. The topological polar surface area (TPSA) is 72.2 Å². The first kappa shape index (κ1) is 15.9. The predicted octanol–water partition coefficient (Wildman–Crippen LogP) is 2.86. The van der Waals surface area contributed by atoms with Crippen LogP contribution >= 0.6 is 0 Å². The molecule has 0 unspecified atom stereocenters. The Morgan fingerprint density at radius 3 is 2.77 bits per heavy atom. The number of hydrogen-bond acceptors (Lipinski definition) is 4. The molecule has 0 spiro atoms. The Morgan fingerprint density at radius 2 is 1.96 bits per heavy atom. The molecular formula is C19H14FN5O. The van der Waals surface area contributed by atoms with E-state index in [0.29, 0.717) is 29.0 Å². The standard InChI is InChI=1S/C19H14FN5O/c20-16-6-2-1-5-14(16)17-7-9-22-18-15(12-24-25(17)18)19(26)23-11-13-4-3-8-21-10-13/h1-10,12H,11H2,(H,23,26). The van der Waals surface area contributed by atoms with Crippen LogP contribution in [0.25, 0.3) is 16.9 Å². The molecule has 128 valence electrons. The summed E-state index contributed by atoms with van der Waals surface area (Å²) in [6.45, 7) is 0.344. The van der Waals surface area contributed by atoms with Crippen molar-refractivity contribution in [2.45, 2.75) is 6.54 Å². The zero-order valence-corrected chi connectivity index (χ0v) is 13.6. The van der Waals surface area contributed by atoms with Gasteiger partial charge in [-0.15, -0.1) is 0 Å². The van der Waals surface area contributed by atoms with Crippen molar-refractivity contribution in [2.24, 2.45) is 0 Å². The molecule has 1 amide bonds. The summed E-state index contributed by atoms with van der Waals surface area (Å²) < 4.78 is 15.6. The number of halogens is 1. The van der Waals surface area contributed by atoms with E-state index in [4.69, 9.17) is 0 Å². The van der Waals surface area contributed by atoms with E-state index in [-0.39, 0.29) is 11.7 Å².